The fourth-order valence-electron chi connectivity index (χ4n) is 2.22. The molecule has 0 saturated carbocycles. The zero-order valence-corrected chi connectivity index (χ0v) is 18.0. The monoisotopic (exact) mass is 523 g/mol. The first-order chi connectivity index (χ1) is 11.0. The van der Waals surface area contributed by atoms with Crippen molar-refractivity contribution >= 4 is 47.8 Å². The van der Waals surface area contributed by atoms with Gasteiger partial charge in [-0.05, 0) is 81.1 Å². The molecule has 0 bridgehead atoms. The average Bonchev–Trinajstić information content (AvgIpc) is 2.52. The minimum Gasteiger partial charge on any atom is -0.496 e. The van der Waals surface area contributed by atoms with E-state index in [9.17, 15) is 0 Å². The van der Waals surface area contributed by atoms with Crippen molar-refractivity contribution < 1.29 is 14.9 Å². The Kier molecular flexibility index (Phi) is 9.30. The van der Waals surface area contributed by atoms with Crippen molar-refractivity contribution in [3.8, 4) is 11.5 Å². The zero-order chi connectivity index (χ0) is 16.8. The predicted molar refractivity (Wildman–Crippen MR) is 108 cm³/mol. The van der Waals surface area contributed by atoms with Crippen LogP contribution in [0.15, 0.2) is 43.7 Å². The van der Waals surface area contributed by atoms with E-state index < -0.39 is 0 Å². The molecule has 0 atom stereocenters. The maximum absolute atomic E-state index is 5.99. The van der Waals surface area contributed by atoms with Crippen LogP contribution in [0.2, 0.25) is 0 Å². The quantitative estimate of drug-likeness (QED) is 0.572. The fourth-order valence-corrected chi connectivity index (χ4v) is 4.71. The Bertz CT molecular complexity index is 657. The van der Waals surface area contributed by atoms with Gasteiger partial charge in [0.25, 0.3) is 0 Å². The number of nitrogens with two attached hydrogens (primary N) is 1. The van der Waals surface area contributed by atoms with Crippen molar-refractivity contribution in [1.29, 1.82) is 0 Å². The highest BCUT2D eigenvalue weighted by atomic mass is 79.9. The van der Waals surface area contributed by atoms with Crippen molar-refractivity contribution in [2.75, 3.05) is 13.7 Å². The van der Waals surface area contributed by atoms with Crippen LogP contribution in [0.4, 0.5) is 0 Å². The van der Waals surface area contributed by atoms with Crippen LogP contribution in [0, 0.1) is 0 Å². The van der Waals surface area contributed by atoms with E-state index >= 15 is 0 Å². The summed E-state index contributed by atoms with van der Waals surface area (Å²) >= 11 is 10.5. The van der Waals surface area contributed by atoms with Gasteiger partial charge >= 0.3 is 0 Å². The summed E-state index contributed by atoms with van der Waals surface area (Å²) in [7, 11) is 1.67. The molecular weight excluding hydrogens is 506 g/mol. The summed E-state index contributed by atoms with van der Waals surface area (Å²) in [4.78, 5) is 0. The Labute approximate surface area is 167 Å². The molecule has 24 heavy (non-hydrogen) atoms. The third-order valence-corrected chi connectivity index (χ3v) is 4.99. The lowest BCUT2D eigenvalue weighted by molar-refractivity contribution is 0.293. The number of halogens is 3. The van der Waals surface area contributed by atoms with Crippen LogP contribution in [-0.2, 0) is 13.0 Å². The number of hydrogen-bond donors (Lipinski definition) is 1. The smallest absolute Gasteiger partial charge is 0.148 e. The van der Waals surface area contributed by atoms with Gasteiger partial charge in [0.15, 0.2) is 0 Å². The van der Waals surface area contributed by atoms with Crippen molar-refractivity contribution in [2.45, 2.75) is 19.4 Å². The Balaban J connectivity index is 0.00000288. The summed E-state index contributed by atoms with van der Waals surface area (Å²) in [5, 5.41) is 0. The second-order valence-corrected chi connectivity index (χ2v) is 7.65. The summed E-state index contributed by atoms with van der Waals surface area (Å²) in [6.07, 6.45) is 1.93. The molecule has 2 aromatic carbocycles. The number of hydrogen-bond acceptors (Lipinski definition) is 3. The molecule has 0 radical (unpaired) electrons. The highest BCUT2D eigenvalue weighted by Gasteiger charge is 2.11. The molecular formula is C17H20Br3NO3. The molecule has 0 aliphatic rings. The molecule has 0 aromatic heterocycles. The van der Waals surface area contributed by atoms with Gasteiger partial charge in [-0.2, -0.15) is 0 Å². The summed E-state index contributed by atoms with van der Waals surface area (Å²) in [5.41, 5.74) is 7.84. The first-order valence-electron chi connectivity index (χ1n) is 7.18. The van der Waals surface area contributed by atoms with Gasteiger partial charge in [-0.15, -0.1) is 0 Å². The van der Waals surface area contributed by atoms with Gasteiger partial charge in [-0.25, -0.2) is 0 Å². The SMILES string of the molecule is COc1ccc(CCCN)cc1COc1c(Br)cc(Br)cc1Br.O. The highest BCUT2D eigenvalue weighted by Crippen LogP contribution is 2.37. The number of aryl methyl sites for hydroxylation is 1. The number of rotatable bonds is 7. The normalized spacial score (nSPS) is 10.2. The van der Waals surface area contributed by atoms with Crippen LogP contribution >= 0.6 is 47.8 Å². The largest absolute Gasteiger partial charge is 0.496 e. The van der Waals surface area contributed by atoms with Crippen molar-refractivity contribution in [3.05, 3.63) is 54.9 Å². The summed E-state index contributed by atoms with van der Waals surface area (Å²) in [5.74, 6) is 1.59. The molecule has 0 amide bonds. The van der Waals surface area contributed by atoms with E-state index in [2.05, 4.69) is 59.9 Å². The molecule has 2 aromatic rings. The Morgan fingerprint density at radius 1 is 1.04 bits per heavy atom. The van der Waals surface area contributed by atoms with E-state index in [0.29, 0.717) is 13.2 Å². The van der Waals surface area contributed by atoms with Gasteiger partial charge in [0.2, 0.25) is 0 Å². The first-order valence-corrected chi connectivity index (χ1v) is 9.56. The second kappa shape index (κ2) is 10.4. The Hall–Kier alpha value is -0.600. The van der Waals surface area contributed by atoms with Crippen LogP contribution in [0.3, 0.4) is 0 Å². The lowest BCUT2D eigenvalue weighted by Crippen LogP contribution is -2.03. The van der Waals surface area contributed by atoms with Gasteiger partial charge in [0.1, 0.15) is 18.1 Å². The van der Waals surface area contributed by atoms with E-state index in [1.165, 1.54) is 5.56 Å². The second-order valence-electron chi connectivity index (χ2n) is 5.03. The summed E-state index contributed by atoms with van der Waals surface area (Å²) < 4.78 is 14.2. The van der Waals surface area contributed by atoms with Crippen molar-refractivity contribution in [2.24, 2.45) is 5.73 Å². The van der Waals surface area contributed by atoms with E-state index in [0.717, 1.165) is 43.3 Å². The van der Waals surface area contributed by atoms with E-state index in [1.54, 1.807) is 7.11 Å². The lowest BCUT2D eigenvalue weighted by Gasteiger charge is -2.14. The molecule has 7 heteroatoms. The maximum atomic E-state index is 5.99. The van der Waals surface area contributed by atoms with Gasteiger partial charge in [0.05, 0.1) is 16.1 Å². The average molecular weight is 526 g/mol. The summed E-state index contributed by atoms with van der Waals surface area (Å²) in [6, 6.07) is 10.1. The summed E-state index contributed by atoms with van der Waals surface area (Å²) in [6.45, 7) is 1.12. The molecule has 0 aliphatic carbocycles. The van der Waals surface area contributed by atoms with Crippen LogP contribution in [0.5, 0.6) is 11.5 Å². The Morgan fingerprint density at radius 2 is 1.71 bits per heavy atom. The topological polar surface area (TPSA) is 76.0 Å². The molecule has 0 heterocycles. The first kappa shape index (κ1) is 21.4. The number of ether oxygens (including phenoxy) is 2. The molecule has 0 aliphatic heterocycles. The molecule has 0 unspecified atom stereocenters. The van der Waals surface area contributed by atoms with Gasteiger partial charge in [0, 0.05) is 10.0 Å². The molecule has 132 valence electrons. The molecule has 0 fully saturated rings. The van der Waals surface area contributed by atoms with Gasteiger partial charge < -0.3 is 20.7 Å². The molecule has 4 nitrogen and oxygen atoms in total. The standard InChI is InChI=1S/C17H18Br3NO2.H2O/c1-22-16-5-4-11(3-2-6-21)7-12(16)10-23-17-14(19)8-13(18)9-15(17)20;/h4-5,7-9H,2-3,6,10,21H2,1H3;1H2. The van der Waals surface area contributed by atoms with Crippen LogP contribution in [0.1, 0.15) is 17.5 Å². The fraction of sp³-hybridized carbons (Fsp3) is 0.294. The van der Waals surface area contributed by atoms with E-state index in [1.807, 2.05) is 18.2 Å². The van der Waals surface area contributed by atoms with Crippen molar-refractivity contribution in [1.82, 2.24) is 0 Å². The van der Waals surface area contributed by atoms with E-state index in [4.69, 9.17) is 15.2 Å². The number of benzene rings is 2. The van der Waals surface area contributed by atoms with Gasteiger partial charge in [-0.3, -0.25) is 0 Å². The van der Waals surface area contributed by atoms with Crippen LogP contribution in [0.25, 0.3) is 0 Å². The third-order valence-electron chi connectivity index (χ3n) is 3.35. The molecule has 4 N–H and O–H groups in total. The molecule has 2 rings (SSSR count). The molecule has 0 saturated heterocycles. The Morgan fingerprint density at radius 3 is 2.29 bits per heavy atom. The predicted octanol–water partition coefficient (Wildman–Crippen LogP) is 4.63. The van der Waals surface area contributed by atoms with Crippen LogP contribution in [-0.4, -0.2) is 19.1 Å². The number of methoxy groups -OCH3 is 1. The third kappa shape index (κ3) is 5.74. The van der Waals surface area contributed by atoms with E-state index in [-0.39, 0.29) is 5.48 Å². The minimum atomic E-state index is 0. The van der Waals surface area contributed by atoms with Crippen LogP contribution < -0.4 is 15.2 Å². The lowest BCUT2D eigenvalue weighted by atomic mass is 10.1. The highest BCUT2D eigenvalue weighted by molar-refractivity contribution is 9.11. The zero-order valence-electron chi connectivity index (χ0n) is 13.2. The van der Waals surface area contributed by atoms with Gasteiger partial charge in [-0.1, -0.05) is 22.0 Å². The molecule has 0 spiro atoms. The van der Waals surface area contributed by atoms with Crippen molar-refractivity contribution in [3.63, 3.8) is 0 Å². The minimum absolute atomic E-state index is 0. The maximum Gasteiger partial charge on any atom is 0.148 e.